The van der Waals surface area contributed by atoms with Crippen LogP contribution >= 0.6 is 0 Å². The minimum atomic E-state index is -0.00144. The average molecular weight is 364 g/mol. The number of carbonyl (C=O) groups excluding carboxylic acids is 1. The number of aromatic nitrogens is 4. The Morgan fingerprint density at radius 3 is 2.67 bits per heavy atom. The minimum absolute atomic E-state index is 0.00144. The number of para-hydroxylation sites is 2. The average Bonchev–Trinajstić information content (AvgIpc) is 3.28. The Labute approximate surface area is 157 Å². The third-order valence-electron chi connectivity index (χ3n) is 4.64. The molecule has 0 N–H and O–H groups in total. The van der Waals surface area contributed by atoms with Crippen LogP contribution in [0.1, 0.15) is 10.4 Å². The number of pyridine rings is 1. The Bertz CT molecular complexity index is 919. The summed E-state index contributed by atoms with van der Waals surface area (Å²) in [5.41, 5.74) is 1.66. The summed E-state index contributed by atoms with van der Waals surface area (Å²) in [6, 6.07) is 11.4. The van der Waals surface area contributed by atoms with E-state index in [1.807, 2.05) is 29.2 Å². The molecule has 138 valence electrons. The molecule has 1 saturated heterocycles. The molecule has 1 aliphatic heterocycles. The van der Waals surface area contributed by atoms with Gasteiger partial charge in [-0.1, -0.05) is 12.1 Å². The molecule has 2 aromatic heterocycles. The van der Waals surface area contributed by atoms with E-state index in [4.69, 9.17) is 4.74 Å². The Balaban J connectivity index is 1.45. The largest absolute Gasteiger partial charge is 0.495 e. The predicted octanol–water partition coefficient (Wildman–Crippen LogP) is 1.63. The number of carbonyl (C=O) groups is 1. The van der Waals surface area contributed by atoms with Gasteiger partial charge < -0.3 is 14.5 Å². The molecule has 1 aliphatic rings. The van der Waals surface area contributed by atoms with Crippen molar-refractivity contribution in [1.82, 2.24) is 24.6 Å². The van der Waals surface area contributed by atoms with E-state index in [1.165, 1.54) is 11.0 Å². The van der Waals surface area contributed by atoms with Gasteiger partial charge in [-0.3, -0.25) is 4.79 Å². The van der Waals surface area contributed by atoms with Gasteiger partial charge in [-0.25, -0.2) is 14.6 Å². The van der Waals surface area contributed by atoms with Crippen LogP contribution in [0.3, 0.4) is 0 Å². The fourth-order valence-corrected chi connectivity index (χ4v) is 3.23. The lowest BCUT2D eigenvalue weighted by molar-refractivity contribution is 0.0746. The SMILES string of the molecule is COc1ccccc1N1CCN(C(=O)c2ccnc(-n3cncn3)c2)CC1. The first-order chi connectivity index (χ1) is 13.3. The van der Waals surface area contributed by atoms with Crippen LogP contribution in [0, 0.1) is 0 Å². The van der Waals surface area contributed by atoms with E-state index < -0.39 is 0 Å². The lowest BCUT2D eigenvalue weighted by Gasteiger charge is -2.36. The van der Waals surface area contributed by atoms with Crippen molar-refractivity contribution < 1.29 is 9.53 Å². The smallest absolute Gasteiger partial charge is 0.254 e. The molecule has 4 rings (SSSR count). The topological polar surface area (TPSA) is 76.4 Å². The molecular formula is C19H20N6O2. The van der Waals surface area contributed by atoms with Gasteiger partial charge >= 0.3 is 0 Å². The van der Waals surface area contributed by atoms with Gasteiger partial charge in [0.05, 0.1) is 12.8 Å². The van der Waals surface area contributed by atoms with Crippen molar-refractivity contribution in [2.24, 2.45) is 0 Å². The number of methoxy groups -OCH3 is 1. The summed E-state index contributed by atoms with van der Waals surface area (Å²) >= 11 is 0. The van der Waals surface area contributed by atoms with E-state index in [-0.39, 0.29) is 5.91 Å². The molecule has 0 atom stereocenters. The lowest BCUT2D eigenvalue weighted by atomic mass is 10.2. The molecule has 8 nitrogen and oxygen atoms in total. The molecule has 8 heteroatoms. The highest BCUT2D eigenvalue weighted by Gasteiger charge is 2.24. The van der Waals surface area contributed by atoms with Crippen molar-refractivity contribution in [3.63, 3.8) is 0 Å². The second kappa shape index (κ2) is 7.45. The van der Waals surface area contributed by atoms with Crippen molar-refractivity contribution in [3.8, 4) is 11.6 Å². The molecule has 27 heavy (non-hydrogen) atoms. The number of anilines is 1. The third kappa shape index (κ3) is 3.46. The Hall–Kier alpha value is -3.42. The predicted molar refractivity (Wildman–Crippen MR) is 100 cm³/mol. The van der Waals surface area contributed by atoms with E-state index in [0.29, 0.717) is 24.5 Å². The van der Waals surface area contributed by atoms with Gasteiger partial charge in [-0.15, -0.1) is 0 Å². The molecule has 3 aromatic rings. The molecule has 0 unspecified atom stereocenters. The van der Waals surface area contributed by atoms with Gasteiger partial charge in [0.15, 0.2) is 5.82 Å². The summed E-state index contributed by atoms with van der Waals surface area (Å²) in [7, 11) is 1.68. The standard InChI is InChI=1S/C19H20N6O2/c1-27-17-5-3-2-4-16(17)23-8-10-24(11-9-23)19(26)15-6-7-21-18(12-15)25-14-20-13-22-25/h2-7,12-14H,8-11H2,1H3. The number of benzene rings is 1. The van der Waals surface area contributed by atoms with E-state index in [2.05, 4.69) is 20.0 Å². The molecule has 0 saturated carbocycles. The number of hydrogen-bond acceptors (Lipinski definition) is 6. The third-order valence-corrected chi connectivity index (χ3v) is 4.64. The Morgan fingerprint density at radius 1 is 1.11 bits per heavy atom. The Kier molecular flexibility index (Phi) is 4.69. The normalized spacial score (nSPS) is 14.3. The molecule has 1 amide bonds. The lowest BCUT2D eigenvalue weighted by Crippen LogP contribution is -2.48. The van der Waals surface area contributed by atoms with Gasteiger partial charge in [0.1, 0.15) is 18.4 Å². The molecule has 1 fully saturated rings. The van der Waals surface area contributed by atoms with Crippen molar-refractivity contribution in [2.45, 2.75) is 0 Å². The van der Waals surface area contributed by atoms with E-state index in [9.17, 15) is 4.79 Å². The maximum atomic E-state index is 12.9. The highest BCUT2D eigenvalue weighted by molar-refractivity contribution is 5.94. The zero-order valence-corrected chi connectivity index (χ0v) is 15.0. The molecule has 3 heterocycles. The number of piperazine rings is 1. The first kappa shape index (κ1) is 17.0. The molecular weight excluding hydrogens is 344 g/mol. The number of amides is 1. The summed E-state index contributed by atoms with van der Waals surface area (Å²) in [6.45, 7) is 2.82. The van der Waals surface area contributed by atoms with Crippen LogP contribution in [0.4, 0.5) is 5.69 Å². The van der Waals surface area contributed by atoms with Gasteiger partial charge in [0.25, 0.3) is 5.91 Å². The van der Waals surface area contributed by atoms with Crippen LogP contribution in [0.15, 0.2) is 55.2 Å². The van der Waals surface area contributed by atoms with E-state index in [1.54, 1.807) is 31.8 Å². The van der Waals surface area contributed by atoms with Crippen molar-refractivity contribution in [2.75, 3.05) is 38.2 Å². The minimum Gasteiger partial charge on any atom is -0.495 e. The molecule has 1 aromatic carbocycles. The fraction of sp³-hybridized carbons (Fsp3) is 0.263. The van der Waals surface area contributed by atoms with Crippen molar-refractivity contribution in [1.29, 1.82) is 0 Å². The molecule has 0 radical (unpaired) electrons. The highest BCUT2D eigenvalue weighted by Crippen LogP contribution is 2.28. The van der Waals surface area contributed by atoms with E-state index >= 15 is 0 Å². The maximum Gasteiger partial charge on any atom is 0.254 e. The van der Waals surface area contributed by atoms with Crippen LogP contribution in [0.25, 0.3) is 5.82 Å². The zero-order chi connectivity index (χ0) is 18.6. The van der Waals surface area contributed by atoms with Crippen LogP contribution in [0.2, 0.25) is 0 Å². The molecule has 0 bridgehead atoms. The first-order valence-electron chi connectivity index (χ1n) is 8.74. The van der Waals surface area contributed by atoms with Gasteiger partial charge in [0.2, 0.25) is 0 Å². The van der Waals surface area contributed by atoms with Crippen LogP contribution < -0.4 is 9.64 Å². The maximum absolute atomic E-state index is 12.9. The Morgan fingerprint density at radius 2 is 1.93 bits per heavy atom. The quantitative estimate of drug-likeness (QED) is 0.700. The summed E-state index contributed by atoms with van der Waals surface area (Å²) < 4.78 is 6.99. The first-order valence-corrected chi connectivity index (χ1v) is 8.74. The summed E-state index contributed by atoms with van der Waals surface area (Å²) in [4.78, 5) is 25.2. The molecule has 0 spiro atoms. The number of rotatable bonds is 4. The fourth-order valence-electron chi connectivity index (χ4n) is 3.23. The van der Waals surface area contributed by atoms with Crippen molar-refractivity contribution in [3.05, 3.63) is 60.8 Å². The number of hydrogen-bond donors (Lipinski definition) is 0. The van der Waals surface area contributed by atoms with Crippen LogP contribution in [0.5, 0.6) is 5.75 Å². The summed E-state index contributed by atoms with van der Waals surface area (Å²) in [5.74, 6) is 1.42. The second-order valence-electron chi connectivity index (χ2n) is 6.19. The summed E-state index contributed by atoms with van der Waals surface area (Å²) in [6.07, 6.45) is 4.62. The highest BCUT2D eigenvalue weighted by atomic mass is 16.5. The van der Waals surface area contributed by atoms with Crippen LogP contribution in [-0.4, -0.2) is 63.8 Å². The van der Waals surface area contributed by atoms with Gasteiger partial charge in [-0.05, 0) is 24.3 Å². The van der Waals surface area contributed by atoms with Gasteiger partial charge in [-0.2, -0.15) is 5.10 Å². The number of nitrogens with zero attached hydrogens (tertiary/aromatic N) is 6. The summed E-state index contributed by atoms with van der Waals surface area (Å²) in [5, 5.41) is 4.06. The van der Waals surface area contributed by atoms with E-state index in [0.717, 1.165) is 24.5 Å². The second-order valence-corrected chi connectivity index (χ2v) is 6.19. The number of ether oxygens (including phenoxy) is 1. The van der Waals surface area contributed by atoms with Crippen LogP contribution in [-0.2, 0) is 0 Å². The van der Waals surface area contributed by atoms with Crippen molar-refractivity contribution >= 4 is 11.6 Å². The van der Waals surface area contributed by atoms with Gasteiger partial charge in [0, 0.05) is 37.9 Å². The zero-order valence-electron chi connectivity index (χ0n) is 15.0. The molecule has 0 aliphatic carbocycles. The monoisotopic (exact) mass is 364 g/mol.